The summed E-state index contributed by atoms with van der Waals surface area (Å²) >= 11 is 0. The van der Waals surface area contributed by atoms with Crippen LogP contribution >= 0.6 is 24.0 Å². The molecule has 6 heteroatoms. The van der Waals surface area contributed by atoms with Gasteiger partial charge in [-0.1, -0.05) is 32.0 Å². The maximum atomic E-state index is 5.58. The predicted octanol–water partition coefficient (Wildman–Crippen LogP) is 4.45. The fourth-order valence-electron chi connectivity index (χ4n) is 3.73. The second-order valence-corrected chi connectivity index (χ2v) is 7.19. The van der Waals surface area contributed by atoms with Crippen molar-refractivity contribution in [3.05, 3.63) is 42.3 Å². The van der Waals surface area contributed by atoms with Crippen molar-refractivity contribution < 1.29 is 4.42 Å². The van der Waals surface area contributed by atoms with Crippen LogP contribution in [0.3, 0.4) is 0 Å². The summed E-state index contributed by atoms with van der Waals surface area (Å²) in [6, 6.07) is 10.4. The number of rotatable bonds is 4. The molecule has 1 heterocycles. The summed E-state index contributed by atoms with van der Waals surface area (Å²) in [5, 5.41) is 6.90. The number of oxazole rings is 1. The lowest BCUT2D eigenvalue weighted by atomic mass is 9.80. The molecule has 0 saturated heterocycles. The Morgan fingerprint density at radius 3 is 2.50 bits per heavy atom. The van der Waals surface area contributed by atoms with Crippen LogP contribution in [0.15, 0.2) is 46.0 Å². The molecule has 1 saturated carbocycles. The molecule has 1 aromatic carbocycles. The molecule has 0 radical (unpaired) electrons. The average molecular weight is 468 g/mol. The topological polar surface area (TPSA) is 62.5 Å². The fraction of sp³-hybridized carbons (Fsp3) is 0.500. The van der Waals surface area contributed by atoms with Gasteiger partial charge in [0.05, 0.1) is 12.2 Å². The number of guanidine groups is 1. The lowest BCUT2D eigenvalue weighted by molar-refractivity contribution is 0.255. The Labute approximate surface area is 173 Å². The van der Waals surface area contributed by atoms with Gasteiger partial charge in [0.1, 0.15) is 6.26 Å². The highest BCUT2D eigenvalue weighted by atomic mass is 127. The third-order valence-electron chi connectivity index (χ3n) is 4.75. The first-order chi connectivity index (χ1) is 12.1. The average Bonchev–Trinajstić information content (AvgIpc) is 3.07. The summed E-state index contributed by atoms with van der Waals surface area (Å²) in [6.45, 7) is 5.26. The molecule has 0 aliphatic heterocycles. The van der Waals surface area contributed by atoms with E-state index in [1.165, 1.54) is 19.3 Å². The maximum Gasteiger partial charge on any atom is 0.226 e. The number of nitrogens with one attached hydrogen (secondary N) is 2. The minimum Gasteiger partial charge on any atom is -0.444 e. The Morgan fingerprint density at radius 1 is 1.15 bits per heavy atom. The van der Waals surface area contributed by atoms with Gasteiger partial charge in [0, 0.05) is 18.7 Å². The van der Waals surface area contributed by atoms with Crippen LogP contribution in [0, 0.1) is 11.8 Å². The normalized spacial score (nSPS) is 23.2. The first-order valence-electron chi connectivity index (χ1n) is 9.11. The minimum absolute atomic E-state index is 0. The first kappa shape index (κ1) is 20.7. The number of nitrogens with zero attached hydrogens (tertiary/aromatic N) is 2. The predicted molar refractivity (Wildman–Crippen MR) is 117 cm³/mol. The van der Waals surface area contributed by atoms with Crippen LogP contribution in [0.1, 0.15) is 38.8 Å². The molecule has 1 aliphatic rings. The van der Waals surface area contributed by atoms with Gasteiger partial charge in [-0.05, 0) is 43.2 Å². The van der Waals surface area contributed by atoms with E-state index in [1.807, 2.05) is 37.4 Å². The highest BCUT2D eigenvalue weighted by molar-refractivity contribution is 14.0. The van der Waals surface area contributed by atoms with Gasteiger partial charge in [0.25, 0.3) is 0 Å². The first-order valence-corrected chi connectivity index (χ1v) is 9.11. The van der Waals surface area contributed by atoms with Crippen molar-refractivity contribution in [2.75, 3.05) is 7.05 Å². The molecule has 2 unspecified atom stereocenters. The summed E-state index contributed by atoms with van der Waals surface area (Å²) in [7, 11) is 1.81. The van der Waals surface area contributed by atoms with Gasteiger partial charge in [0.2, 0.25) is 5.89 Å². The van der Waals surface area contributed by atoms with Crippen LogP contribution in [-0.2, 0) is 6.54 Å². The summed E-state index contributed by atoms with van der Waals surface area (Å²) in [4.78, 5) is 8.89. The van der Waals surface area contributed by atoms with E-state index in [-0.39, 0.29) is 24.0 Å². The van der Waals surface area contributed by atoms with Crippen molar-refractivity contribution in [1.82, 2.24) is 15.6 Å². The molecule has 3 rings (SSSR count). The van der Waals surface area contributed by atoms with Crippen LogP contribution in [0.4, 0.5) is 0 Å². The zero-order chi connectivity index (χ0) is 17.6. The van der Waals surface area contributed by atoms with E-state index in [4.69, 9.17) is 4.42 Å². The SMILES string of the molecule is CN=C(NCc1coc(-c2ccccc2)n1)NC1CC(C)CC(C)C1.I. The molecule has 26 heavy (non-hydrogen) atoms. The second kappa shape index (κ2) is 9.94. The van der Waals surface area contributed by atoms with E-state index in [1.54, 1.807) is 6.26 Å². The van der Waals surface area contributed by atoms with E-state index >= 15 is 0 Å². The van der Waals surface area contributed by atoms with E-state index in [0.717, 1.165) is 29.1 Å². The molecule has 0 amide bonds. The van der Waals surface area contributed by atoms with Crippen molar-refractivity contribution in [3.8, 4) is 11.5 Å². The van der Waals surface area contributed by atoms with Gasteiger partial charge < -0.3 is 15.1 Å². The molecule has 5 nitrogen and oxygen atoms in total. The molecule has 1 fully saturated rings. The zero-order valence-electron chi connectivity index (χ0n) is 15.7. The monoisotopic (exact) mass is 468 g/mol. The fourth-order valence-corrected chi connectivity index (χ4v) is 3.73. The lowest BCUT2D eigenvalue weighted by Gasteiger charge is -2.32. The standard InChI is InChI=1S/C20H28N4O.HI/c1-14-9-15(2)11-17(10-14)24-20(21-3)22-12-18-13-25-19(23-18)16-7-5-4-6-8-16;/h4-8,13-15,17H,9-12H2,1-3H3,(H2,21,22,24);1H. The molecule has 0 bridgehead atoms. The van der Waals surface area contributed by atoms with Gasteiger partial charge in [-0.25, -0.2) is 4.98 Å². The van der Waals surface area contributed by atoms with Gasteiger partial charge in [-0.15, -0.1) is 24.0 Å². The largest absolute Gasteiger partial charge is 0.444 e. The number of benzene rings is 1. The molecule has 2 aromatic rings. The van der Waals surface area contributed by atoms with E-state index in [9.17, 15) is 0 Å². The van der Waals surface area contributed by atoms with Gasteiger partial charge in [-0.3, -0.25) is 4.99 Å². The molecule has 2 atom stereocenters. The minimum atomic E-state index is 0. The number of hydrogen-bond acceptors (Lipinski definition) is 3. The van der Waals surface area contributed by atoms with E-state index in [2.05, 4.69) is 34.5 Å². The lowest BCUT2D eigenvalue weighted by Crippen LogP contribution is -2.46. The molecule has 1 aliphatic carbocycles. The number of aliphatic imine (C=N–C) groups is 1. The van der Waals surface area contributed by atoms with Crippen LogP contribution in [0.25, 0.3) is 11.5 Å². The summed E-state index contributed by atoms with van der Waals surface area (Å²) in [5.74, 6) is 3.01. The Balaban J connectivity index is 0.00000243. The Kier molecular flexibility index (Phi) is 7.93. The molecular formula is C20H29IN4O. The van der Waals surface area contributed by atoms with Crippen molar-refractivity contribution in [2.24, 2.45) is 16.8 Å². The Morgan fingerprint density at radius 2 is 1.85 bits per heavy atom. The van der Waals surface area contributed by atoms with Crippen molar-refractivity contribution >= 4 is 29.9 Å². The smallest absolute Gasteiger partial charge is 0.226 e. The number of halogens is 1. The molecule has 2 N–H and O–H groups in total. The van der Waals surface area contributed by atoms with Gasteiger partial charge in [0.15, 0.2) is 5.96 Å². The Hall–Kier alpha value is -1.57. The van der Waals surface area contributed by atoms with E-state index < -0.39 is 0 Å². The maximum absolute atomic E-state index is 5.58. The van der Waals surface area contributed by atoms with Crippen molar-refractivity contribution in [3.63, 3.8) is 0 Å². The third kappa shape index (κ3) is 5.72. The quantitative estimate of drug-likeness (QED) is 0.396. The second-order valence-electron chi connectivity index (χ2n) is 7.19. The molecule has 142 valence electrons. The van der Waals surface area contributed by atoms with Crippen molar-refractivity contribution in [1.29, 1.82) is 0 Å². The third-order valence-corrected chi connectivity index (χ3v) is 4.75. The Bertz CT molecular complexity index is 691. The van der Waals surface area contributed by atoms with E-state index in [0.29, 0.717) is 18.5 Å². The summed E-state index contributed by atoms with van der Waals surface area (Å²) in [5.41, 5.74) is 1.86. The highest BCUT2D eigenvalue weighted by Gasteiger charge is 2.24. The van der Waals surface area contributed by atoms with Crippen LogP contribution in [0.2, 0.25) is 0 Å². The summed E-state index contributed by atoms with van der Waals surface area (Å²) in [6.07, 6.45) is 5.43. The number of hydrogen-bond donors (Lipinski definition) is 2. The molecule has 0 spiro atoms. The van der Waals surface area contributed by atoms with Gasteiger partial charge in [-0.2, -0.15) is 0 Å². The van der Waals surface area contributed by atoms with Crippen LogP contribution in [0.5, 0.6) is 0 Å². The van der Waals surface area contributed by atoms with Crippen LogP contribution < -0.4 is 10.6 Å². The molecule has 1 aromatic heterocycles. The zero-order valence-corrected chi connectivity index (χ0v) is 18.1. The number of aromatic nitrogens is 1. The van der Waals surface area contributed by atoms with Gasteiger partial charge >= 0.3 is 0 Å². The van der Waals surface area contributed by atoms with Crippen LogP contribution in [-0.4, -0.2) is 24.0 Å². The summed E-state index contributed by atoms with van der Waals surface area (Å²) < 4.78 is 5.58. The molecular weight excluding hydrogens is 439 g/mol. The van der Waals surface area contributed by atoms with Crippen molar-refractivity contribution in [2.45, 2.75) is 45.7 Å². The highest BCUT2D eigenvalue weighted by Crippen LogP contribution is 2.28.